The lowest BCUT2D eigenvalue weighted by molar-refractivity contribution is -0.126. The molecule has 9 nitrogen and oxygen atoms in total. The van der Waals surface area contributed by atoms with Gasteiger partial charge < -0.3 is 24.1 Å². The van der Waals surface area contributed by atoms with Crippen molar-refractivity contribution in [3.63, 3.8) is 0 Å². The SMILES string of the molecule is COc1ccc(N2C(=O)N(C)C(=O)C2c2cc(OC)c(OC)c(OC)c2)cc1O. The standard InChI is InChI=1S/C20H22N2O7/c1-21-19(24)17(11-8-15(27-3)18(29-5)16(9-11)28-4)22(20(21)25)12-6-7-14(26-2)13(23)10-12/h6-10,17,23H,1-5H3. The summed E-state index contributed by atoms with van der Waals surface area (Å²) in [7, 11) is 7.23. The summed E-state index contributed by atoms with van der Waals surface area (Å²) in [5.74, 6) is 0.758. The third-order valence-corrected chi connectivity index (χ3v) is 4.76. The lowest BCUT2D eigenvalue weighted by atomic mass is 10.0. The van der Waals surface area contributed by atoms with Crippen LogP contribution in [-0.4, -0.2) is 57.4 Å². The zero-order chi connectivity index (χ0) is 21.3. The predicted molar refractivity (Wildman–Crippen MR) is 104 cm³/mol. The van der Waals surface area contributed by atoms with Gasteiger partial charge in [0.05, 0.1) is 34.1 Å². The van der Waals surface area contributed by atoms with Crippen LogP contribution in [0.1, 0.15) is 11.6 Å². The fourth-order valence-corrected chi connectivity index (χ4v) is 3.30. The molecule has 1 unspecified atom stereocenters. The van der Waals surface area contributed by atoms with E-state index < -0.39 is 18.0 Å². The van der Waals surface area contributed by atoms with Crippen molar-refractivity contribution in [2.75, 3.05) is 40.4 Å². The van der Waals surface area contributed by atoms with Crippen LogP contribution in [-0.2, 0) is 4.79 Å². The molecule has 1 fully saturated rings. The zero-order valence-corrected chi connectivity index (χ0v) is 16.8. The maximum atomic E-state index is 12.9. The summed E-state index contributed by atoms with van der Waals surface area (Å²) in [5.41, 5.74) is 0.808. The quantitative estimate of drug-likeness (QED) is 0.742. The van der Waals surface area contributed by atoms with Crippen LogP contribution in [0.2, 0.25) is 0 Å². The number of phenols is 1. The number of likely N-dealkylation sites (N-methyl/N-ethyl adjacent to an activating group) is 1. The summed E-state index contributed by atoms with van der Waals surface area (Å²) < 4.78 is 21.1. The highest BCUT2D eigenvalue weighted by Crippen LogP contribution is 2.44. The number of benzene rings is 2. The predicted octanol–water partition coefficient (Wildman–Crippen LogP) is 2.57. The molecule has 0 spiro atoms. The maximum absolute atomic E-state index is 12.9. The second kappa shape index (κ2) is 7.78. The summed E-state index contributed by atoms with van der Waals surface area (Å²) in [6.07, 6.45) is 0. The summed E-state index contributed by atoms with van der Waals surface area (Å²) in [4.78, 5) is 28.1. The summed E-state index contributed by atoms with van der Waals surface area (Å²) >= 11 is 0. The van der Waals surface area contributed by atoms with Gasteiger partial charge in [-0.05, 0) is 29.8 Å². The Labute approximate surface area is 167 Å². The van der Waals surface area contributed by atoms with Crippen molar-refractivity contribution in [1.29, 1.82) is 0 Å². The highest BCUT2D eigenvalue weighted by Gasteiger charge is 2.45. The summed E-state index contributed by atoms with van der Waals surface area (Å²) in [5, 5.41) is 10.1. The second-order valence-corrected chi connectivity index (χ2v) is 6.27. The minimum atomic E-state index is -0.978. The van der Waals surface area contributed by atoms with Crippen molar-refractivity contribution in [3.05, 3.63) is 35.9 Å². The Balaban J connectivity index is 2.16. The monoisotopic (exact) mass is 402 g/mol. The molecule has 1 N–H and O–H groups in total. The number of hydrogen-bond acceptors (Lipinski definition) is 7. The highest BCUT2D eigenvalue weighted by molar-refractivity contribution is 6.14. The Bertz CT molecular complexity index is 935. The van der Waals surface area contributed by atoms with Crippen molar-refractivity contribution in [2.45, 2.75) is 6.04 Å². The number of amides is 3. The van der Waals surface area contributed by atoms with Crippen molar-refractivity contribution >= 4 is 17.6 Å². The molecule has 0 radical (unpaired) electrons. The van der Waals surface area contributed by atoms with Gasteiger partial charge in [-0.1, -0.05) is 0 Å². The third kappa shape index (κ3) is 3.24. The molecule has 1 aliphatic rings. The van der Waals surface area contributed by atoms with Crippen LogP contribution in [0.3, 0.4) is 0 Å². The number of imide groups is 1. The summed E-state index contributed by atoms with van der Waals surface area (Å²) in [6, 6.07) is 6.21. The number of phenolic OH excluding ortho intramolecular Hbond substituents is 1. The van der Waals surface area contributed by atoms with E-state index >= 15 is 0 Å². The molecular weight excluding hydrogens is 380 g/mol. The van der Waals surface area contributed by atoms with E-state index in [-0.39, 0.29) is 11.5 Å². The molecule has 3 amide bonds. The van der Waals surface area contributed by atoms with E-state index in [1.807, 2.05) is 0 Å². The van der Waals surface area contributed by atoms with Crippen LogP contribution >= 0.6 is 0 Å². The van der Waals surface area contributed by atoms with Crippen LogP contribution < -0.4 is 23.8 Å². The Hall–Kier alpha value is -3.62. The van der Waals surface area contributed by atoms with Crippen molar-refractivity contribution in [2.24, 2.45) is 0 Å². The van der Waals surface area contributed by atoms with Gasteiger partial charge in [0.2, 0.25) is 5.75 Å². The first-order chi connectivity index (χ1) is 13.9. The number of rotatable bonds is 6. The molecule has 3 rings (SSSR count). The van der Waals surface area contributed by atoms with Crippen LogP contribution in [0.4, 0.5) is 10.5 Å². The Morgan fingerprint density at radius 3 is 1.93 bits per heavy atom. The van der Waals surface area contributed by atoms with Crippen LogP contribution in [0.15, 0.2) is 30.3 Å². The van der Waals surface area contributed by atoms with Crippen molar-refractivity contribution in [3.8, 4) is 28.7 Å². The van der Waals surface area contributed by atoms with Gasteiger partial charge in [0.15, 0.2) is 23.0 Å². The number of urea groups is 1. The number of methoxy groups -OCH3 is 4. The molecule has 29 heavy (non-hydrogen) atoms. The number of aromatic hydroxyl groups is 1. The average Bonchev–Trinajstić information content (AvgIpc) is 2.96. The molecule has 1 aliphatic heterocycles. The fraction of sp³-hybridized carbons (Fsp3) is 0.300. The van der Waals surface area contributed by atoms with E-state index in [2.05, 4.69) is 0 Å². The first-order valence-electron chi connectivity index (χ1n) is 8.65. The Kier molecular flexibility index (Phi) is 5.40. The van der Waals surface area contributed by atoms with E-state index in [1.54, 1.807) is 18.2 Å². The number of carbonyl (C=O) groups is 2. The van der Waals surface area contributed by atoms with Gasteiger partial charge in [0, 0.05) is 13.1 Å². The molecule has 2 aromatic rings. The van der Waals surface area contributed by atoms with Gasteiger partial charge in [0.1, 0.15) is 6.04 Å². The van der Waals surface area contributed by atoms with Gasteiger partial charge in [-0.15, -0.1) is 0 Å². The number of nitrogens with zero attached hydrogens (tertiary/aromatic N) is 2. The molecule has 1 atom stereocenters. The van der Waals surface area contributed by atoms with Gasteiger partial charge in [-0.25, -0.2) is 4.79 Å². The van der Waals surface area contributed by atoms with E-state index in [9.17, 15) is 14.7 Å². The molecule has 0 saturated carbocycles. The maximum Gasteiger partial charge on any atom is 0.332 e. The van der Waals surface area contributed by atoms with Gasteiger partial charge in [-0.2, -0.15) is 0 Å². The highest BCUT2D eigenvalue weighted by atomic mass is 16.5. The van der Waals surface area contributed by atoms with E-state index in [0.29, 0.717) is 28.5 Å². The summed E-state index contributed by atoms with van der Waals surface area (Å²) in [6.45, 7) is 0. The molecule has 2 aromatic carbocycles. The minimum Gasteiger partial charge on any atom is -0.504 e. The molecule has 0 aliphatic carbocycles. The number of hydrogen-bond donors (Lipinski definition) is 1. The molecule has 0 bridgehead atoms. The molecule has 154 valence electrons. The first-order valence-corrected chi connectivity index (χ1v) is 8.65. The normalized spacial score (nSPS) is 16.2. The number of ether oxygens (including phenoxy) is 4. The number of carbonyl (C=O) groups excluding carboxylic acids is 2. The van der Waals surface area contributed by atoms with Crippen LogP contribution in [0.25, 0.3) is 0 Å². The van der Waals surface area contributed by atoms with Gasteiger partial charge >= 0.3 is 6.03 Å². The number of anilines is 1. The van der Waals surface area contributed by atoms with E-state index in [1.165, 1.54) is 52.5 Å². The van der Waals surface area contributed by atoms with Crippen molar-refractivity contribution < 1.29 is 33.6 Å². The molecule has 0 aromatic heterocycles. The lowest BCUT2D eigenvalue weighted by Gasteiger charge is -2.24. The largest absolute Gasteiger partial charge is 0.504 e. The lowest BCUT2D eigenvalue weighted by Crippen LogP contribution is -2.30. The Morgan fingerprint density at radius 1 is 0.862 bits per heavy atom. The van der Waals surface area contributed by atoms with Gasteiger partial charge in [-0.3, -0.25) is 14.6 Å². The topological polar surface area (TPSA) is 97.8 Å². The van der Waals surface area contributed by atoms with Gasteiger partial charge in [0.25, 0.3) is 5.91 Å². The second-order valence-electron chi connectivity index (χ2n) is 6.27. The van der Waals surface area contributed by atoms with E-state index in [4.69, 9.17) is 18.9 Å². The smallest absolute Gasteiger partial charge is 0.332 e. The molecule has 1 saturated heterocycles. The molecule has 1 heterocycles. The first kappa shape index (κ1) is 20.1. The minimum absolute atomic E-state index is 0.150. The van der Waals surface area contributed by atoms with Crippen LogP contribution in [0.5, 0.6) is 28.7 Å². The Morgan fingerprint density at radius 2 is 1.45 bits per heavy atom. The third-order valence-electron chi connectivity index (χ3n) is 4.76. The molecular formula is C20H22N2O7. The van der Waals surface area contributed by atoms with E-state index in [0.717, 1.165) is 4.90 Å². The molecule has 9 heteroatoms. The average molecular weight is 402 g/mol. The fourth-order valence-electron chi connectivity index (χ4n) is 3.30. The van der Waals surface area contributed by atoms with Crippen molar-refractivity contribution in [1.82, 2.24) is 4.90 Å². The zero-order valence-electron chi connectivity index (χ0n) is 16.8. The van der Waals surface area contributed by atoms with Crippen LogP contribution in [0, 0.1) is 0 Å².